The Morgan fingerprint density at radius 1 is 0.789 bits per heavy atom. The standard InChI is InChI=1S/C7H5F3O2.C6H6O/c8-7(9,10)12-6-4-2-1-3-5(6)11;7-6-4-2-1-3-5-6/h1-4,11H;1-5,7H. The summed E-state index contributed by atoms with van der Waals surface area (Å²) in [7, 11) is 0. The zero-order valence-electron chi connectivity index (χ0n) is 9.63. The molecule has 0 fully saturated rings. The quantitative estimate of drug-likeness (QED) is 0.832. The molecule has 0 saturated heterocycles. The molecule has 2 rings (SSSR count). The van der Waals surface area contributed by atoms with Gasteiger partial charge in [0.2, 0.25) is 0 Å². The van der Waals surface area contributed by atoms with Crippen molar-refractivity contribution in [1.29, 1.82) is 0 Å². The second kappa shape index (κ2) is 6.53. The maximum atomic E-state index is 11.6. The summed E-state index contributed by atoms with van der Waals surface area (Å²) < 4.78 is 38.2. The van der Waals surface area contributed by atoms with E-state index in [4.69, 9.17) is 10.2 Å². The Balaban J connectivity index is 0.000000218. The van der Waals surface area contributed by atoms with Crippen LogP contribution in [-0.2, 0) is 0 Å². The Bertz CT molecular complexity index is 498. The number of hydrogen-bond acceptors (Lipinski definition) is 3. The van der Waals surface area contributed by atoms with E-state index in [9.17, 15) is 13.2 Å². The van der Waals surface area contributed by atoms with E-state index >= 15 is 0 Å². The maximum Gasteiger partial charge on any atom is 0.573 e. The first kappa shape index (κ1) is 14.7. The number of para-hydroxylation sites is 3. The van der Waals surface area contributed by atoms with Crippen molar-refractivity contribution < 1.29 is 28.1 Å². The first-order valence-electron chi connectivity index (χ1n) is 5.16. The molecule has 0 unspecified atom stereocenters. The number of alkyl halides is 3. The second-order valence-corrected chi connectivity index (χ2v) is 3.35. The van der Waals surface area contributed by atoms with Gasteiger partial charge in [0.05, 0.1) is 0 Å². The molecule has 0 radical (unpaired) electrons. The molecule has 0 saturated carbocycles. The number of benzene rings is 2. The van der Waals surface area contributed by atoms with E-state index in [1.165, 1.54) is 12.1 Å². The lowest BCUT2D eigenvalue weighted by atomic mass is 10.3. The third-order valence-electron chi connectivity index (χ3n) is 1.85. The van der Waals surface area contributed by atoms with E-state index in [2.05, 4.69) is 4.74 Å². The van der Waals surface area contributed by atoms with Gasteiger partial charge in [-0.1, -0.05) is 30.3 Å². The third-order valence-corrected chi connectivity index (χ3v) is 1.85. The van der Waals surface area contributed by atoms with E-state index in [1.807, 2.05) is 6.07 Å². The lowest BCUT2D eigenvalue weighted by Gasteiger charge is -2.09. The van der Waals surface area contributed by atoms with Crippen LogP contribution < -0.4 is 4.74 Å². The average molecular weight is 272 g/mol. The highest BCUT2D eigenvalue weighted by Crippen LogP contribution is 2.30. The van der Waals surface area contributed by atoms with Crippen LogP contribution >= 0.6 is 0 Å². The Hall–Kier alpha value is -2.37. The molecule has 2 N–H and O–H groups in total. The SMILES string of the molecule is Oc1ccccc1.Oc1ccccc1OC(F)(F)F. The Morgan fingerprint density at radius 2 is 1.32 bits per heavy atom. The highest BCUT2D eigenvalue weighted by molar-refractivity contribution is 5.37. The van der Waals surface area contributed by atoms with Crippen molar-refractivity contribution in [2.24, 2.45) is 0 Å². The van der Waals surface area contributed by atoms with Crippen molar-refractivity contribution in [3.63, 3.8) is 0 Å². The number of phenolic OH excluding ortho intramolecular Hbond substituents is 2. The van der Waals surface area contributed by atoms with Crippen molar-refractivity contribution in [2.45, 2.75) is 6.36 Å². The van der Waals surface area contributed by atoms with E-state index in [0.29, 0.717) is 5.75 Å². The fraction of sp³-hybridized carbons (Fsp3) is 0.0769. The van der Waals surface area contributed by atoms with Gasteiger partial charge in [0.25, 0.3) is 0 Å². The normalized spacial score (nSPS) is 10.3. The summed E-state index contributed by atoms with van der Waals surface area (Å²) in [6.45, 7) is 0. The topological polar surface area (TPSA) is 49.7 Å². The van der Waals surface area contributed by atoms with Crippen LogP contribution in [0, 0.1) is 0 Å². The maximum absolute atomic E-state index is 11.6. The van der Waals surface area contributed by atoms with Gasteiger partial charge < -0.3 is 14.9 Å². The monoisotopic (exact) mass is 272 g/mol. The number of aromatic hydroxyl groups is 2. The molecule has 0 aliphatic heterocycles. The van der Waals surface area contributed by atoms with Crippen LogP contribution in [0.1, 0.15) is 0 Å². The van der Waals surface area contributed by atoms with Crippen LogP contribution in [0.25, 0.3) is 0 Å². The molecule has 0 spiro atoms. The molecule has 0 aliphatic carbocycles. The lowest BCUT2D eigenvalue weighted by Crippen LogP contribution is -2.17. The average Bonchev–Trinajstić information content (AvgIpc) is 2.32. The van der Waals surface area contributed by atoms with Gasteiger partial charge in [-0.15, -0.1) is 13.2 Å². The van der Waals surface area contributed by atoms with Crippen LogP contribution in [0.5, 0.6) is 17.2 Å². The highest BCUT2D eigenvalue weighted by Gasteiger charge is 2.31. The highest BCUT2D eigenvalue weighted by atomic mass is 19.4. The Kier molecular flexibility index (Phi) is 5.05. The summed E-state index contributed by atoms with van der Waals surface area (Å²) in [4.78, 5) is 0. The van der Waals surface area contributed by atoms with Crippen molar-refractivity contribution in [3.05, 3.63) is 54.6 Å². The molecule has 6 heteroatoms. The summed E-state index contributed by atoms with van der Waals surface area (Å²) >= 11 is 0. The number of rotatable bonds is 1. The lowest BCUT2D eigenvalue weighted by molar-refractivity contribution is -0.275. The van der Waals surface area contributed by atoms with Crippen molar-refractivity contribution in [1.82, 2.24) is 0 Å². The molecule has 0 aromatic heterocycles. The zero-order valence-corrected chi connectivity index (χ0v) is 9.63. The Morgan fingerprint density at radius 3 is 1.74 bits per heavy atom. The van der Waals surface area contributed by atoms with Gasteiger partial charge in [0, 0.05) is 0 Å². The third kappa shape index (κ3) is 6.21. The minimum Gasteiger partial charge on any atom is -0.508 e. The molecule has 0 bridgehead atoms. The van der Waals surface area contributed by atoms with Gasteiger partial charge in [-0.2, -0.15) is 0 Å². The molecule has 0 aliphatic rings. The molecule has 102 valence electrons. The van der Waals surface area contributed by atoms with Gasteiger partial charge in [-0.05, 0) is 24.3 Å². The predicted molar refractivity (Wildman–Crippen MR) is 62.9 cm³/mol. The predicted octanol–water partition coefficient (Wildman–Crippen LogP) is 3.68. The molecule has 0 atom stereocenters. The number of halogens is 3. The van der Waals surface area contributed by atoms with E-state index in [-0.39, 0.29) is 0 Å². The summed E-state index contributed by atoms with van der Waals surface area (Å²) in [6.07, 6.45) is -4.77. The molecule has 0 amide bonds. The number of phenols is 2. The minimum atomic E-state index is -4.77. The van der Waals surface area contributed by atoms with Gasteiger partial charge >= 0.3 is 6.36 Å². The largest absolute Gasteiger partial charge is 0.573 e. The van der Waals surface area contributed by atoms with Crippen LogP contribution in [0.3, 0.4) is 0 Å². The smallest absolute Gasteiger partial charge is 0.508 e. The summed E-state index contributed by atoms with van der Waals surface area (Å²) in [6, 6.07) is 13.6. The van der Waals surface area contributed by atoms with E-state index in [0.717, 1.165) is 12.1 Å². The molecule has 2 aromatic rings. The molecule has 2 aromatic carbocycles. The van der Waals surface area contributed by atoms with Crippen LogP contribution in [0.15, 0.2) is 54.6 Å². The Labute approximate surface area is 107 Å². The first-order valence-corrected chi connectivity index (χ1v) is 5.16. The van der Waals surface area contributed by atoms with Crippen LogP contribution in [-0.4, -0.2) is 16.6 Å². The van der Waals surface area contributed by atoms with Gasteiger partial charge in [-0.3, -0.25) is 0 Å². The van der Waals surface area contributed by atoms with E-state index in [1.54, 1.807) is 24.3 Å². The molecule has 19 heavy (non-hydrogen) atoms. The molecule has 3 nitrogen and oxygen atoms in total. The fourth-order valence-electron chi connectivity index (χ4n) is 1.10. The summed E-state index contributed by atoms with van der Waals surface area (Å²) in [5.41, 5.74) is 0. The fourth-order valence-corrected chi connectivity index (χ4v) is 1.10. The zero-order chi connectivity index (χ0) is 14.3. The molecular weight excluding hydrogens is 261 g/mol. The molecular formula is C13H11F3O3. The number of hydrogen-bond donors (Lipinski definition) is 2. The van der Waals surface area contributed by atoms with Crippen LogP contribution in [0.2, 0.25) is 0 Å². The van der Waals surface area contributed by atoms with Gasteiger partial charge in [0.1, 0.15) is 5.75 Å². The van der Waals surface area contributed by atoms with Crippen molar-refractivity contribution >= 4 is 0 Å². The van der Waals surface area contributed by atoms with Gasteiger partial charge in [0.15, 0.2) is 11.5 Å². The van der Waals surface area contributed by atoms with Crippen LogP contribution in [0.4, 0.5) is 13.2 Å². The van der Waals surface area contributed by atoms with Gasteiger partial charge in [-0.25, -0.2) is 0 Å². The summed E-state index contributed by atoms with van der Waals surface area (Å²) in [5, 5.41) is 17.5. The van der Waals surface area contributed by atoms with Crippen molar-refractivity contribution in [2.75, 3.05) is 0 Å². The minimum absolute atomic E-state index is 0.322. The molecule has 0 heterocycles. The summed E-state index contributed by atoms with van der Waals surface area (Å²) in [5.74, 6) is -0.803. The van der Waals surface area contributed by atoms with E-state index < -0.39 is 17.9 Å². The first-order chi connectivity index (χ1) is 8.88. The second-order valence-electron chi connectivity index (χ2n) is 3.35. The number of ether oxygens (including phenoxy) is 1. The van der Waals surface area contributed by atoms with Crippen molar-refractivity contribution in [3.8, 4) is 17.2 Å².